The largest absolute Gasteiger partial charge is 0.444 e. The fraction of sp³-hybridized carbons (Fsp3) is 0.500. The van der Waals surface area contributed by atoms with Crippen LogP contribution in [0.4, 0.5) is 4.79 Å². The Morgan fingerprint density at radius 1 is 1.36 bits per heavy atom. The second kappa shape index (κ2) is 6.68. The summed E-state index contributed by atoms with van der Waals surface area (Å²) in [7, 11) is 0. The summed E-state index contributed by atoms with van der Waals surface area (Å²) < 4.78 is 8.26. The number of nitrogens with zero attached hydrogens (tertiary/aromatic N) is 4. The van der Waals surface area contributed by atoms with Gasteiger partial charge in [0.05, 0.1) is 5.56 Å². The Balaban J connectivity index is 1.78. The van der Waals surface area contributed by atoms with Gasteiger partial charge in [0.15, 0.2) is 0 Å². The van der Waals surface area contributed by atoms with E-state index in [0.717, 1.165) is 28.5 Å². The van der Waals surface area contributed by atoms with Gasteiger partial charge in [-0.05, 0) is 61.7 Å². The fourth-order valence-corrected chi connectivity index (χ4v) is 3.42. The lowest BCUT2D eigenvalue weighted by atomic mass is 10.1. The topological polar surface area (TPSA) is 71.2 Å². The van der Waals surface area contributed by atoms with Crippen molar-refractivity contribution in [2.45, 2.75) is 45.3 Å². The highest BCUT2D eigenvalue weighted by atomic mass is 79.9. The van der Waals surface area contributed by atoms with Crippen LogP contribution in [-0.4, -0.2) is 39.2 Å². The van der Waals surface area contributed by atoms with Crippen LogP contribution in [0.1, 0.15) is 45.2 Å². The number of carbonyl (C=O) groups excluding carboxylic acids is 1. The number of likely N-dealkylation sites (tertiary alicyclic amines) is 1. The smallest absolute Gasteiger partial charge is 0.410 e. The molecule has 2 aromatic heterocycles. The van der Waals surface area contributed by atoms with Crippen LogP contribution in [0.15, 0.2) is 22.9 Å². The zero-order valence-electron chi connectivity index (χ0n) is 14.6. The molecule has 132 valence electrons. The SMILES string of the molecule is CC(C)(C)OC(=O)N1CCC(n2cc(C#N)c3ccc(Br)nc32)CC1. The molecule has 1 aliphatic heterocycles. The molecule has 1 aliphatic rings. The molecule has 1 amide bonds. The quantitative estimate of drug-likeness (QED) is 0.666. The van der Waals surface area contributed by atoms with Crippen molar-refractivity contribution in [2.24, 2.45) is 0 Å². The van der Waals surface area contributed by atoms with Crippen molar-refractivity contribution >= 4 is 33.1 Å². The first-order chi connectivity index (χ1) is 11.8. The Bertz CT molecular complexity index is 839. The van der Waals surface area contributed by atoms with Gasteiger partial charge in [0, 0.05) is 30.7 Å². The summed E-state index contributed by atoms with van der Waals surface area (Å²) in [5, 5.41) is 10.2. The normalized spacial score (nSPS) is 16.0. The van der Waals surface area contributed by atoms with Crippen LogP contribution in [0, 0.1) is 11.3 Å². The molecule has 0 N–H and O–H groups in total. The highest BCUT2D eigenvalue weighted by molar-refractivity contribution is 9.10. The van der Waals surface area contributed by atoms with Gasteiger partial charge in [0.25, 0.3) is 0 Å². The van der Waals surface area contributed by atoms with Gasteiger partial charge in [-0.15, -0.1) is 0 Å². The molecule has 7 heteroatoms. The van der Waals surface area contributed by atoms with Crippen LogP contribution in [0.3, 0.4) is 0 Å². The van der Waals surface area contributed by atoms with Crippen molar-refractivity contribution in [3.63, 3.8) is 0 Å². The minimum atomic E-state index is -0.484. The lowest BCUT2D eigenvalue weighted by Crippen LogP contribution is -2.42. The molecular weight excluding hydrogens is 384 g/mol. The number of carbonyl (C=O) groups is 1. The molecule has 0 atom stereocenters. The Kier molecular flexibility index (Phi) is 4.74. The fourth-order valence-electron chi connectivity index (χ4n) is 3.12. The predicted octanol–water partition coefficient (Wildman–Crippen LogP) is 4.24. The summed E-state index contributed by atoms with van der Waals surface area (Å²) in [6.45, 7) is 6.88. The second-order valence-corrected chi connectivity index (χ2v) is 8.08. The van der Waals surface area contributed by atoms with E-state index in [1.165, 1.54) is 0 Å². The van der Waals surface area contributed by atoms with Crippen LogP contribution in [0.25, 0.3) is 11.0 Å². The minimum Gasteiger partial charge on any atom is -0.444 e. The number of hydrogen-bond donors (Lipinski definition) is 0. The number of ether oxygens (including phenoxy) is 1. The number of pyridine rings is 1. The molecule has 0 spiro atoms. The Labute approximate surface area is 155 Å². The zero-order chi connectivity index (χ0) is 18.2. The number of halogens is 1. The predicted molar refractivity (Wildman–Crippen MR) is 98.2 cm³/mol. The zero-order valence-corrected chi connectivity index (χ0v) is 16.2. The van der Waals surface area contributed by atoms with Gasteiger partial charge in [-0.2, -0.15) is 5.26 Å². The molecule has 2 aromatic rings. The molecule has 3 rings (SSSR count). The molecule has 25 heavy (non-hydrogen) atoms. The third-order valence-electron chi connectivity index (χ3n) is 4.27. The van der Waals surface area contributed by atoms with Crippen molar-refractivity contribution in [1.82, 2.24) is 14.5 Å². The molecule has 1 fully saturated rings. The van der Waals surface area contributed by atoms with Gasteiger partial charge in [-0.1, -0.05) is 0 Å². The van der Waals surface area contributed by atoms with E-state index >= 15 is 0 Å². The third kappa shape index (κ3) is 3.79. The van der Waals surface area contributed by atoms with Crippen molar-refractivity contribution in [3.05, 3.63) is 28.5 Å². The van der Waals surface area contributed by atoms with Gasteiger partial charge < -0.3 is 14.2 Å². The molecule has 0 aliphatic carbocycles. The first-order valence-electron chi connectivity index (χ1n) is 8.33. The lowest BCUT2D eigenvalue weighted by molar-refractivity contribution is 0.0189. The number of aromatic nitrogens is 2. The first-order valence-corrected chi connectivity index (χ1v) is 9.13. The van der Waals surface area contributed by atoms with E-state index in [9.17, 15) is 10.1 Å². The number of rotatable bonds is 1. The molecule has 0 aromatic carbocycles. The summed E-state index contributed by atoms with van der Waals surface area (Å²) in [5.41, 5.74) is 0.953. The van der Waals surface area contributed by atoms with E-state index in [1.807, 2.05) is 39.1 Å². The molecule has 3 heterocycles. The van der Waals surface area contributed by atoms with Crippen molar-refractivity contribution < 1.29 is 9.53 Å². The van der Waals surface area contributed by atoms with Crippen LogP contribution in [0.2, 0.25) is 0 Å². The average molecular weight is 405 g/mol. The van der Waals surface area contributed by atoms with Crippen LogP contribution < -0.4 is 0 Å². The highest BCUT2D eigenvalue weighted by Crippen LogP contribution is 2.30. The summed E-state index contributed by atoms with van der Waals surface area (Å²) in [6, 6.07) is 6.21. The highest BCUT2D eigenvalue weighted by Gasteiger charge is 2.28. The Morgan fingerprint density at radius 3 is 2.64 bits per heavy atom. The number of amides is 1. The first kappa shape index (κ1) is 17.7. The van der Waals surface area contributed by atoms with Crippen molar-refractivity contribution in [1.29, 1.82) is 5.26 Å². The number of piperidine rings is 1. The van der Waals surface area contributed by atoms with Gasteiger partial charge >= 0.3 is 6.09 Å². The molecule has 0 unspecified atom stereocenters. The summed E-state index contributed by atoms with van der Waals surface area (Å²) in [5.74, 6) is 0. The summed E-state index contributed by atoms with van der Waals surface area (Å²) >= 11 is 3.40. The van der Waals surface area contributed by atoms with Gasteiger partial charge in [0.2, 0.25) is 0 Å². The standard InChI is InChI=1S/C18H21BrN4O2/c1-18(2,3)25-17(24)22-8-6-13(7-9-22)23-11-12(10-20)14-4-5-15(19)21-16(14)23/h4-5,11,13H,6-9H2,1-3H3. The third-order valence-corrected chi connectivity index (χ3v) is 4.72. The molecule has 0 radical (unpaired) electrons. The van der Waals surface area contributed by atoms with Crippen molar-refractivity contribution in [2.75, 3.05) is 13.1 Å². The van der Waals surface area contributed by atoms with Gasteiger partial charge in [0.1, 0.15) is 21.9 Å². The number of nitriles is 1. The molecular formula is C18H21BrN4O2. The molecule has 0 bridgehead atoms. The maximum atomic E-state index is 12.2. The Hall–Kier alpha value is -2.07. The van der Waals surface area contributed by atoms with Crippen LogP contribution >= 0.6 is 15.9 Å². The van der Waals surface area contributed by atoms with E-state index in [0.29, 0.717) is 18.7 Å². The van der Waals surface area contributed by atoms with Gasteiger partial charge in [-0.3, -0.25) is 0 Å². The maximum absolute atomic E-state index is 12.2. The summed E-state index contributed by atoms with van der Waals surface area (Å²) in [4.78, 5) is 18.5. The van der Waals surface area contributed by atoms with Gasteiger partial charge in [-0.25, -0.2) is 9.78 Å². The second-order valence-electron chi connectivity index (χ2n) is 7.27. The Morgan fingerprint density at radius 2 is 2.04 bits per heavy atom. The maximum Gasteiger partial charge on any atom is 0.410 e. The van der Waals surface area contributed by atoms with Crippen LogP contribution in [-0.2, 0) is 4.74 Å². The number of fused-ring (bicyclic) bond motifs is 1. The van der Waals surface area contributed by atoms with Crippen molar-refractivity contribution in [3.8, 4) is 6.07 Å². The average Bonchev–Trinajstić information content (AvgIpc) is 2.91. The molecule has 1 saturated heterocycles. The monoisotopic (exact) mass is 404 g/mol. The van der Waals surface area contributed by atoms with E-state index < -0.39 is 5.60 Å². The van der Waals surface area contributed by atoms with E-state index in [1.54, 1.807) is 4.90 Å². The van der Waals surface area contributed by atoms with E-state index in [-0.39, 0.29) is 12.1 Å². The van der Waals surface area contributed by atoms with E-state index in [2.05, 4.69) is 31.6 Å². The molecule has 6 nitrogen and oxygen atoms in total. The summed E-state index contributed by atoms with van der Waals surface area (Å²) in [6.07, 6.45) is 3.23. The minimum absolute atomic E-state index is 0.213. The lowest BCUT2D eigenvalue weighted by Gasteiger charge is -2.34. The van der Waals surface area contributed by atoms with Crippen LogP contribution in [0.5, 0.6) is 0 Å². The van der Waals surface area contributed by atoms with E-state index in [4.69, 9.17) is 4.74 Å². The molecule has 0 saturated carbocycles. The number of hydrogen-bond acceptors (Lipinski definition) is 4.